The lowest BCUT2D eigenvalue weighted by atomic mass is 9.93. The minimum absolute atomic E-state index is 0. The number of benzene rings is 2. The van der Waals surface area contributed by atoms with E-state index in [0.717, 1.165) is 31.2 Å². The Hall–Kier alpha value is -2.54. The van der Waals surface area contributed by atoms with E-state index in [9.17, 15) is 19.2 Å². The first-order valence-corrected chi connectivity index (χ1v) is 14.2. The van der Waals surface area contributed by atoms with Gasteiger partial charge in [0.2, 0.25) is 11.8 Å². The molecule has 2 aliphatic rings. The molecule has 2 aliphatic heterocycles. The van der Waals surface area contributed by atoms with Crippen molar-refractivity contribution in [2.24, 2.45) is 5.92 Å². The number of ketones is 1. The van der Waals surface area contributed by atoms with Gasteiger partial charge in [-0.3, -0.25) is 14.4 Å². The molecule has 0 saturated carbocycles. The Labute approximate surface area is 258 Å². The molecule has 2 saturated heterocycles. The van der Waals surface area contributed by atoms with Crippen molar-refractivity contribution in [3.63, 3.8) is 0 Å². The molecule has 2 amide bonds. The van der Waals surface area contributed by atoms with Gasteiger partial charge in [0.15, 0.2) is 5.78 Å². The van der Waals surface area contributed by atoms with E-state index in [-0.39, 0.29) is 31.0 Å². The molecule has 210 valence electrons. The molecule has 0 aliphatic carbocycles. The van der Waals surface area contributed by atoms with Crippen molar-refractivity contribution in [1.82, 2.24) is 9.80 Å². The number of likely N-dealkylation sites (tertiary alicyclic amines) is 2. The number of esters is 1. The fourth-order valence-electron chi connectivity index (χ4n) is 3.96. The molecular formula is C30H36I2N2O5. The zero-order valence-electron chi connectivity index (χ0n) is 21.8. The van der Waals surface area contributed by atoms with E-state index >= 15 is 0 Å². The number of carbonyl (C=O) groups excluding carboxylic acids is 4. The highest BCUT2D eigenvalue weighted by Crippen LogP contribution is 2.25. The van der Waals surface area contributed by atoms with Crippen molar-refractivity contribution in [2.75, 3.05) is 20.2 Å². The summed E-state index contributed by atoms with van der Waals surface area (Å²) in [5, 5.41) is 0. The largest absolute Gasteiger partial charge is 0.465 e. The van der Waals surface area contributed by atoms with Crippen LogP contribution in [0.25, 0.3) is 0 Å². The first-order chi connectivity index (χ1) is 18.0. The molecule has 7 nitrogen and oxygen atoms in total. The van der Waals surface area contributed by atoms with Crippen molar-refractivity contribution in [1.29, 1.82) is 0 Å². The SMILES string of the molecule is C.C=CN1CCC(C(=O)c2cc(I)ccc2C)C1=O.C=CN1CCCC1=O.COC(=O)c1cc(I)ccc1C. The summed E-state index contributed by atoms with van der Waals surface area (Å²) in [5.41, 5.74) is 3.17. The maximum absolute atomic E-state index is 12.4. The van der Waals surface area contributed by atoms with Crippen LogP contribution in [0.15, 0.2) is 62.0 Å². The first-order valence-electron chi connectivity index (χ1n) is 12.0. The van der Waals surface area contributed by atoms with Gasteiger partial charge in [-0.1, -0.05) is 32.7 Å². The molecule has 2 heterocycles. The van der Waals surface area contributed by atoms with Crippen LogP contribution in [0.4, 0.5) is 0 Å². The fraction of sp³-hybridized carbons (Fsp3) is 0.333. The van der Waals surface area contributed by atoms with Gasteiger partial charge in [0.25, 0.3) is 0 Å². The van der Waals surface area contributed by atoms with E-state index in [2.05, 4.69) is 63.1 Å². The van der Waals surface area contributed by atoms with E-state index < -0.39 is 5.92 Å². The first kappa shape index (κ1) is 34.5. The lowest BCUT2D eigenvalue weighted by Crippen LogP contribution is -2.26. The van der Waals surface area contributed by atoms with Gasteiger partial charge in [-0.25, -0.2) is 4.79 Å². The third-order valence-electron chi connectivity index (χ3n) is 6.18. The lowest BCUT2D eigenvalue weighted by Gasteiger charge is -2.12. The van der Waals surface area contributed by atoms with Crippen molar-refractivity contribution in [3.05, 3.63) is 91.4 Å². The third kappa shape index (κ3) is 9.55. The van der Waals surface area contributed by atoms with Gasteiger partial charge in [-0.15, -0.1) is 0 Å². The molecule has 9 heteroatoms. The van der Waals surface area contributed by atoms with Crippen molar-refractivity contribution in [3.8, 4) is 0 Å². The second kappa shape index (κ2) is 16.5. The Morgan fingerprint density at radius 3 is 1.90 bits per heavy atom. The predicted octanol–water partition coefficient (Wildman–Crippen LogP) is 6.55. The number of methoxy groups -OCH3 is 1. The van der Waals surface area contributed by atoms with Gasteiger partial charge in [-0.2, -0.15) is 0 Å². The lowest BCUT2D eigenvalue weighted by molar-refractivity contribution is -0.127. The summed E-state index contributed by atoms with van der Waals surface area (Å²) >= 11 is 4.34. The Kier molecular flexibility index (Phi) is 14.6. The molecule has 0 N–H and O–H groups in total. The molecule has 0 bridgehead atoms. The number of hydrogen-bond donors (Lipinski definition) is 0. The van der Waals surface area contributed by atoms with E-state index in [1.165, 1.54) is 18.2 Å². The summed E-state index contributed by atoms with van der Waals surface area (Å²) in [7, 11) is 1.39. The standard InChI is InChI=1S/C14H14INO2.C9H9IO2.C6H9NO.CH4/c1-3-16-7-6-11(14(16)18)13(17)12-8-10(15)5-4-9(12)2;1-6-3-4-7(10)5-8(6)9(11)12-2;1-2-7-5-3-4-6(7)8;/h3-5,8,11H,1,6-7H2,2H3;3-5H,1-2H3;2H,1,3-5H2;1H4. The predicted molar refractivity (Wildman–Crippen MR) is 171 cm³/mol. The van der Waals surface area contributed by atoms with Gasteiger partial charge in [0.05, 0.1) is 12.7 Å². The second-order valence-electron chi connectivity index (χ2n) is 8.70. The number of rotatable bonds is 5. The van der Waals surface area contributed by atoms with Gasteiger partial charge in [0.1, 0.15) is 5.92 Å². The highest BCUT2D eigenvalue weighted by atomic mass is 127. The molecule has 2 aromatic rings. The average Bonchev–Trinajstić information content (AvgIpc) is 3.50. The normalized spacial score (nSPS) is 15.8. The number of carbonyl (C=O) groups is 4. The molecule has 1 unspecified atom stereocenters. The van der Waals surface area contributed by atoms with Crippen LogP contribution in [0, 0.1) is 26.9 Å². The number of hydrogen-bond acceptors (Lipinski definition) is 5. The minimum atomic E-state index is -0.542. The number of amides is 2. The summed E-state index contributed by atoms with van der Waals surface area (Å²) in [4.78, 5) is 49.4. The minimum Gasteiger partial charge on any atom is -0.465 e. The average molecular weight is 758 g/mol. The summed E-state index contributed by atoms with van der Waals surface area (Å²) in [5.74, 6) is -0.806. The van der Waals surface area contributed by atoms with Crippen LogP contribution in [-0.4, -0.2) is 53.6 Å². The summed E-state index contributed by atoms with van der Waals surface area (Å²) in [6, 6.07) is 11.4. The molecule has 0 spiro atoms. The number of nitrogens with zero attached hydrogens (tertiary/aromatic N) is 2. The molecule has 39 heavy (non-hydrogen) atoms. The van der Waals surface area contributed by atoms with Crippen molar-refractivity contribution >= 4 is 68.7 Å². The Bertz CT molecular complexity index is 1230. The maximum atomic E-state index is 12.4. The summed E-state index contributed by atoms with van der Waals surface area (Å²) in [6.07, 6.45) is 5.36. The van der Waals surface area contributed by atoms with Gasteiger partial charge in [-0.05, 0) is 120 Å². The smallest absolute Gasteiger partial charge is 0.338 e. The van der Waals surface area contributed by atoms with Crippen LogP contribution in [-0.2, 0) is 14.3 Å². The summed E-state index contributed by atoms with van der Waals surface area (Å²) in [6.45, 7) is 12.3. The van der Waals surface area contributed by atoms with Crippen molar-refractivity contribution < 1.29 is 23.9 Å². The fourth-order valence-corrected chi connectivity index (χ4v) is 4.94. The third-order valence-corrected chi connectivity index (χ3v) is 7.52. The Morgan fingerprint density at radius 2 is 1.46 bits per heavy atom. The van der Waals surface area contributed by atoms with Gasteiger partial charge >= 0.3 is 5.97 Å². The van der Waals surface area contributed by atoms with Crippen LogP contribution in [0.5, 0.6) is 0 Å². The highest BCUT2D eigenvalue weighted by molar-refractivity contribution is 14.1. The van der Waals surface area contributed by atoms with Crippen LogP contribution in [0.3, 0.4) is 0 Å². The topological polar surface area (TPSA) is 84.0 Å². The molecular weight excluding hydrogens is 722 g/mol. The quantitative estimate of drug-likeness (QED) is 0.150. The zero-order chi connectivity index (χ0) is 28.4. The number of ether oxygens (including phenoxy) is 1. The molecule has 4 rings (SSSR count). The Balaban J connectivity index is 0.000000313. The zero-order valence-corrected chi connectivity index (χ0v) is 26.2. The molecule has 0 radical (unpaired) electrons. The van der Waals surface area contributed by atoms with Crippen LogP contribution < -0.4 is 0 Å². The van der Waals surface area contributed by atoms with Crippen LogP contribution in [0.2, 0.25) is 0 Å². The van der Waals surface area contributed by atoms with E-state index in [1.807, 2.05) is 50.2 Å². The maximum Gasteiger partial charge on any atom is 0.338 e. The highest BCUT2D eigenvalue weighted by Gasteiger charge is 2.36. The number of aryl methyl sites for hydroxylation is 2. The second-order valence-corrected chi connectivity index (χ2v) is 11.2. The molecule has 2 aromatic carbocycles. The van der Waals surface area contributed by atoms with E-state index in [4.69, 9.17) is 0 Å². The van der Waals surface area contributed by atoms with Crippen molar-refractivity contribution in [2.45, 2.75) is 40.5 Å². The summed E-state index contributed by atoms with van der Waals surface area (Å²) < 4.78 is 6.68. The van der Waals surface area contributed by atoms with Gasteiger partial charge in [0, 0.05) is 32.2 Å². The van der Waals surface area contributed by atoms with Gasteiger partial charge < -0.3 is 14.5 Å². The van der Waals surface area contributed by atoms with Crippen LogP contribution in [0.1, 0.15) is 58.5 Å². The number of Topliss-reactive ketones (excluding diaryl/α,β-unsaturated/α-hetero) is 1. The molecule has 0 aromatic heterocycles. The molecule has 2 fully saturated rings. The monoisotopic (exact) mass is 758 g/mol. The van der Waals surface area contributed by atoms with Crippen LogP contribution >= 0.6 is 45.2 Å². The van der Waals surface area contributed by atoms with E-state index in [1.54, 1.807) is 11.1 Å². The molecule has 1 atom stereocenters. The number of halogens is 2. The Morgan fingerprint density at radius 1 is 0.923 bits per heavy atom. The van der Waals surface area contributed by atoms with E-state index in [0.29, 0.717) is 30.5 Å².